The largest absolute Gasteiger partial charge is 0.331 e. The van der Waals surface area contributed by atoms with E-state index in [1.165, 1.54) is 24.4 Å². The van der Waals surface area contributed by atoms with Crippen molar-refractivity contribution in [2.24, 2.45) is 0 Å². The third-order valence-electron chi connectivity index (χ3n) is 2.16. The van der Waals surface area contributed by atoms with Crippen molar-refractivity contribution in [1.29, 1.82) is 0 Å². The van der Waals surface area contributed by atoms with Gasteiger partial charge in [-0.1, -0.05) is 0 Å². The summed E-state index contributed by atoms with van der Waals surface area (Å²) in [5.74, 6) is -0.298. The third kappa shape index (κ3) is 2.08. The normalized spacial score (nSPS) is 10.1. The molecular formula is C11H10FN3O. The summed E-state index contributed by atoms with van der Waals surface area (Å²) < 4.78 is 12.8. The number of aryl methyl sites for hydroxylation is 1. The van der Waals surface area contributed by atoms with Crippen molar-refractivity contribution in [1.82, 2.24) is 9.97 Å². The van der Waals surface area contributed by atoms with E-state index in [-0.39, 0.29) is 11.7 Å². The van der Waals surface area contributed by atoms with Crippen molar-refractivity contribution in [2.45, 2.75) is 6.92 Å². The van der Waals surface area contributed by atoms with E-state index in [9.17, 15) is 9.18 Å². The highest BCUT2D eigenvalue weighted by Crippen LogP contribution is 2.11. The topological polar surface area (TPSA) is 57.8 Å². The molecule has 0 atom stereocenters. The number of nitrogens with one attached hydrogen (secondary N) is 2. The van der Waals surface area contributed by atoms with Crippen LogP contribution in [0.2, 0.25) is 0 Å². The van der Waals surface area contributed by atoms with Gasteiger partial charge < -0.3 is 4.98 Å². The SMILES string of the molecule is Cc1cc(F)ccc1C(=O)Nc1ncc[nH]1. The third-order valence-corrected chi connectivity index (χ3v) is 2.16. The molecule has 2 N–H and O–H groups in total. The maximum atomic E-state index is 12.8. The molecule has 0 aliphatic heterocycles. The number of nitrogens with zero attached hydrogens (tertiary/aromatic N) is 1. The summed E-state index contributed by atoms with van der Waals surface area (Å²) in [5, 5.41) is 2.57. The lowest BCUT2D eigenvalue weighted by Gasteiger charge is -2.05. The van der Waals surface area contributed by atoms with Gasteiger partial charge in [-0.2, -0.15) is 0 Å². The number of benzene rings is 1. The number of hydrogen-bond donors (Lipinski definition) is 2. The van der Waals surface area contributed by atoms with Crippen LogP contribution in [0.4, 0.5) is 10.3 Å². The maximum Gasteiger partial charge on any atom is 0.258 e. The second-order valence-corrected chi connectivity index (χ2v) is 3.35. The maximum absolute atomic E-state index is 12.8. The Labute approximate surface area is 91.5 Å². The molecule has 1 amide bonds. The molecule has 5 heteroatoms. The average Bonchev–Trinajstić information content (AvgIpc) is 2.70. The second kappa shape index (κ2) is 4.14. The molecule has 0 bridgehead atoms. The number of aromatic amines is 1. The van der Waals surface area contributed by atoms with E-state index in [1.54, 1.807) is 13.1 Å². The lowest BCUT2D eigenvalue weighted by Crippen LogP contribution is -2.14. The Morgan fingerprint density at radius 2 is 2.31 bits per heavy atom. The molecular weight excluding hydrogens is 209 g/mol. The van der Waals surface area contributed by atoms with Gasteiger partial charge in [0.1, 0.15) is 5.82 Å². The molecule has 1 aromatic heterocycles. The quantitative estimate of drug-likeness (QED) is 0.812. The lowest BCUT2D eigenvalue weighted by molar-refractivity contribution is 0.102. The van der Waals surface area contributed by atoms with Crippen LogP contribution in [0.3, 0.4) is 0 Å². The highest BCUT2D eigenvalue weighted by atomic mass is 19.1. The second-order valence-electron chi connectivity index (χ2n) is 3.35. The highest BCUT2D eigenvalue weighted by molar-refractivity contribution is 6.04. The Morgan fingerprint density at radius 3 is 2.94 bits per heavy atom. The van der Waals surface area contributed by atoms with Gasteiger partial charge in [0.05, 0.1) is 0 Å². The Balaban J connectivity index is 2.21. The summed E-state index contributed by atoms with van der Waals surface area (Å²) in [4.78, 5) is 18.4. The summed E-state index contributed by atoms with van der Waals surface area (Å²) in [6, 6.07) is 4.02. The number of hydrogen-bond acceptors (Lipinski definition) is 2. The van der Waals surface area contributed by atoms with Gasteiger partial charge in [-0.25, -0.2) is 9.37 Å². The van der Waals surface area contributed by atoms with Gasteiger partial charge >= 0.3 is 0 Å². The molecule has 1 aromatic carbocycles. The first-order valence-electron chi connectivity index (χ1n) is 4.73. The van der Waals surface area contributed by atoms with Crippen molar-refractivity contribution in [3.8, 4) is 0 Å². The van der Waals surface area contributed by atoms with Crippen molar-refractivity contribution < 1.29 is 9.18 Å². The molecule has 2 aromatic rings. The molecule has 0 aliphatic carbocycles. The number of imidazole rings is 1. The van der Waals surface area contributed by atoms with Crippen molar-refractivity contribution in [3.05, 3.63) is 47.5 Å². The monoisotopic (exact) mass is 219 g/mol. The Morgan fingerprint density at radius 1 is 1.50 bits per heavy atom. The molecule has 2 rings (SSSR count). The number of halogens is 1. The van der Waals surface area contributed by atoms with Crippen LogP contribution in [-0.2, 0) is 0 Å². The standard InChI is InChI=1S/C11H10FN3O/c1-7-6-8(12)2-3-9(7)10(16)15-11-13-4-5-14-11/h2-6H,1H3,(H2,13,14,15,16). The number of aromatic nitrogens is 2. The van der Waals surface area contributed by atoms with Gasteiger partial charge in [0.25, 0.3) is 5.91 Å². The van der Waals surface area contributed by atoms with E-state index in [0.717, 1.165) is 0 Å². The van der Waals surface area contributed by atoms with Crippen LogP contribution < -0.4 is 5.32 Å². The predicted octanol–water partition coefficient (Wildman–Crippen LogP) is 2.11. The van der Waals surface area contributed by atoms with E-state index in [1.807, 2.05) is 0 Å². The highest BCUT2D eigenvalue weighted by Gasteiger charge is 2.10. The van der Waals surface area contributed by atoms with Crippen molar-refractivity contribution in [2.75, 3.05) is 5.32 Å². The predicted molar refractivity (Wildman–Crippen MR) is 57.7 cm³/mol. The number of H-pyrrole nitrogens is 1. The minimum Gasteiger partial charge on any atom is -0.331 e. The van der Waals surface area contributed by atoms with Gasteiger partial charge in [0.15, 0.2) is 0 Å². The van der Waals surface area contributed by atoms with Crippen LogP contribution in [0.25, 0.3) is 0 Å². The van der Waals surface area contributed by atoms with Gasteiger partial charge in [-0.15, -0.1) is 0 Å². The fourth-order valence-corrected chi connectivity index (χ4v) is 1.39. The van der Waals surface area contributed by atoms with Crippen LogP contribution in [0.15, 0.2) is 30.6 Å². The molecule has 0 radical (unpaired) electrons. The first-order chi connectivity index (χ1) is 7.66. The summed E-state index contributed by atoms with van der Waals surface area (Å²) in [6.07, 6.45) is 3.14. The fourth-order valence-electron chi connectivity index (χ4n) is 1.39. The van der Waals surface area contributed by atoms with Gasteiger partial charge in [0, 0.05) is 18.0 Å². The molecule has 0 saturated heterocycles. The number of rotatable bonds is 2. The molecule has 0 aliphatic rings. The number of anilines is 1. The van der Waals surface area contributed by atoms with Crippen LogP contribution in [0.1, 0.15) is 15.9 Å². The molecule has 0 fully saturated rings. The molecule has 1 heterocycles. The Kier molecular flexibility index (Phi) is 2.68. The van der Waals surface area contributed by atoms with Crippen molar-refractivity contribution in [3.63, 3.8) is 0 Å². The molecule has 0 spiro atoms. The molecule has 82 valence electrons. The van der Waals surface area contributed by atoms with Crippen molar-refractivity contribution >= 4 is 11.9 Å². The summed E-state index contributed by atoms with van der Waals surface area (Å²) in [7, 11) is 0. The zero-order valence-electron chi connectivity index (χ0n) is 8.62. The van der Waals surface area contributed by atoms with Gasteiger partial charge in [-0.3, -0.25) is 10.1 Å². The lowest BCUT2D eigenvalue weighted by atomic mass is 10.1. The van der Waals surface area contributed by atoms with E-state index >= 15 is 0 Å². The smallest absolute Gasteiger partial charge is 0.258 e. The van der Waals surface area contributed by atoms with Crippen LogP contribution in [0, 0.1) is 12.7 Å². The molecule has 0 unspecified atom stereocenters. The minimum atomic E-state index is -0.355. The first kappa shape index (κ1) is 10.4. The summed E-state index contributed by atoms with van der Waals surface area (Å²) in [5.41, 5.74) is 1.02. The number of carbonyl (C=O) groups excluding carboxylic acids is 1. The summed E-state index contributed by atoms with van der Waals surface area (Å²) >= 11 is 0. The number of amides is 1. The zero-order valence-corrected chi connectivity index (χ0v) is 8.62. The zero-order chi connectivity index (χ0) is 11.5. The van der Waals surface area contributed by atoms with Crippen LogP contribution in [-0.4, -0.2) is 15.9 Å². The molecule has 0 saturated carbocycles. The average molecular weight is 219 g/mol. The Bertz CT molecular complexity index is 508. The van der Waals surface area contributed by atoms with Gasteiger partial charge in [0.2, 0.25) is 5.95 Å². The first-order valence-corrected chi connectivity index (χ1v) is 4.73. The van der Waals surface area contributed by atoms with E-state index in [4.69, 9.17) is 0 Å². The van der Waals surface area contributed by atoms with E-state index < -0.39 is 0 Å². The minimum absolute atomic E-state index is 0.313. The Hall–Kier alpha value is -2.17. The molecule has 4 nitrogen and oxygen atoms in total. The molecule has 16 heavy (non-hydrogen) atoms. The van der Waals surface area contributed by atoms with Crippen LogP contribution in [0.5, 0.6) is 0 Å². The van der Waals surface area contributed by atoms with E-state index in [0.29, 0.717) is 17.1 Å². The summed E-state index contributed by atoms with van der Waals surface area (Å²) in [6.45, 7) is 1.68. The van der Waals surface area contributed by atoms with Gasteiger partial charge in [-0.05, 0) is 30.7 Å². The van der Waals surface area contributed by atoms with Crippen LogP contribution >= 0.6 is 0 Å². The number of carbonyl (C=O) groups is 1. The van der Waals surface area contributed by atoms with E-state index in [2.05, 4.69) is 15.3 Å². The fraction of sp³-hybridized carbons (Fsp3) is 0.0909.